The molecule has 28 heavy (non-hydrogen) atoms. The molecule has 0 aliphatic carbocycles. The van der Waals surface area contributed by atoms with Gasteiger partial charge in [0.25, 0.3) is 0 Å². The van der Waals surface area contributed by atoms with E-state index in [1.165, 1.54) is 24.3 Å². The molecule has 1 fully saturated rings. The molecule has 0 spiro atoms. The summed E-state index contributed by atoms with van der Waals surface area (Å²) in [5, 5.41) is 15.2. The molecule has 1 amide bonds. The maximum Gasteiger partial charge on any atom is 0.434 e. The third kappa shape index (κ3) is 4.50. The van der Waals surface area contributed by atoms with E-state index in [0.717, 1.165) is 19.3 Å². The fourth-order valence-electron chi connectivity index (χ4n) is 3.05. The van der Waals surface area contributed by atoms with Gasteiger partial charge in [0.2, 0.25) is 5.91 Å². The van der Waals surface area contributed by atoms with E-state index in [0.29, 0.717) is 23.2 Å². The molecule has 1 aromatic heterocycles. The Morgan fingerprint density at radius 3 is 2.54 bits per heavy atom. The maximum absolute atomic E-state index is 13.3. The number of ether oxygens (including phenoxy) is 1. The number of amides is 1. The van der Waals surface area contributed by atoms with Gasteiger partial charge in [0.1, 0.15) is 5.56 Å². The van der Waals surface area contributed by atoms with Crippen molar-refractivity contribution in [2.24, 2.45) is 0 Å². The maximum atomic E-state index is 13.3. The summed E-state index contributed by atoms with van der Waals surface area (Å²) >= 11 is 0. The summed E-state index contributed by atoms with van der Waals surface area (Å²) in [4.78, 5) is 23.1. The van der Waals surface area contributed by atoms with Crippen molar-refractivity contribution in [1.82, 2.24) is 9.78 Å². The average molecular weight is 397 g/mol. The Kier molecular flexibility index (Phi) is 5.68. The van der Waals surface area contributed by atoms with E-state index >= 15 is 0 Å². The molecule has 1 unspecified atom stereocenters. The Morgan fingerprint density at radius 2 is 1.96 bits per heavy atom. The van der Waals surface area contributed by atoms with Crippen LogP contribution < -0.4 is 5.32 Å². The Hall–Kier alpha value is -2.88. The van der Waals surface area contributed by atoms with Gasteiger partial charge in [0.15, 0.2) is 5.69 Å². The van der Waals surface area contributed by atoms with Gasteiger partial charge in [-0.25, -0.2) is 9.48 Å². The van der Waals surface area contributed by atoms with Crippen molar-refractivity contribution >= 4 is 17.6 Å². The number of carbonyl (C=O) groups is 2. The van der Waals surface area contributed by atoms with Crippen molar-refractivity contribution in [3.63, 3.8) is 0 Å². The highest BCUT2D eigenvalue weighted by molar-refractivity contribution is 5.91. The van der Waals surface area contributed by atoms with Gasteiger partial charge in [-0.3, -0.25) is 4.79 Å². The van der Waals surface area contributed by atoms with Crippen LogP contribution in [0.4, 0.5) is 18.9 Å². The van der Waals surface area contributed by atoms with Gasteiger partial charge >= 0.3 is 12.1 Å². The minimum Gasteiger partial charge on any atom is -0.478 e. The fourth-order valence-corrected chi connectivity index (χ4v) is 3.05. The van der Waals surface area contributed by atoms with Gasteiger partial charge in [0.05, 0.1) is 24.4 Å². The van der Waals surface area contributed by atoms with Crippen LogP contribution in [0.3, 0.4) is 0 Å². The highest BCUT2D eigenvalue weighted by Gasteiger charge is 2.40. The molecule has 1 atom stereocenters. The summed E-state index contributed by atoms with van der Waals surface area (Å²) in [5.41, 5.74) is -1.87. The average Bonchev–Trinajstić information content (AvgIpc) is 3.09. The lowest BCUT2D eigenvalue weighted by molar-refractivity contribution is -0.143. The number of carboxylic acids is 1. The zero-order valence-electron chi connectivity index (χ0n) is 14.7. The van der Waals surface area contributed by atoms with Gasteiger partial charge in [0, 0.05) is 12.3 Å². The first-order valence-corrected chi connectivity index (χ1v) is 8.66. The standard InChI is InChI=1S/C18H18F3N3O4/c19-18(20,21)16-14(17(26)27)10-22-24(16)12-6-4-11(5-7-12)23-15(25)9-13-3-1-2-8-28-13/h4-7,10,13H,1-3,8-9H2,(H,23,25)(H,26,27). The predicted molar refractivity (Wildman–Crippen MR) is 92.4 cm³/mol. The van der Waals surface area contributed by atoms with Crippen LogP contribution in [-0.2, 0) is 15.7 Å². The summed E-state index contributed by atoms with van der Waals surface area (Å²) < 4.78 is 45.8. The highest BCUT2D eigenvalue weighted by atomic mass is 19.4. The van der Waals surface area contributed by atoms with Crippen molar-refractivity contribution in [2.45, 2.75) is 38.0 Å². The first kappa shape index (κ1) is 19.9. The first-order valence-electron chi connectivity index (χ1n) is 8.66. The van der Waals surface area contributed by atoms with Crippen LogP contribution in [0.1, 0.15) is 41.7 Å². The molecule has 1 aromatic carbocycles. The number of aromatic nitrogens is 2. The number of benzene rings is 1. The van der Waals surface area contributed by atoms with Crippen LogP contribution in [0.5, 0.6) is 0 Å². The van der Waals surface area contributed by atoms with Crippen molar-refractivity contribution in [3.8, 4) is 5.69 Å². The van der Waals surface area contributed by atoms with Crippen molar-refractivity contribution < 1.29 is 32.6 Å². The molecule has 1 aliphatic heterocycles. The molecular weight excluding hydrogens is 379 g/mol. The largest absolute Gasteiger partial charge is 0.478 e. The Morgan fingerprint density at radius 1 is 1.25 bits per heavy atom. The third-order valence-corrected chi connectivity index (χ3v) is 4.35. The van der Waals surface area contributed by atoms with Crippen LogP contribution >= 0.6 is 0 Å². The second-order valence-corrected chi connectivity index (χ2v) is 6.41. The molecule has 10 heteroatoms. The molecule has 0 bridgehead atoms. The smallest absolute Gasteiger partial charge is 0.434 e. The molecule has 150 valence electrons. The lowest BCUT2D eigenvalue weighted by atomic mass is 10.1. The molecule has 2 heterocycles. The Bertz CT molecular complexity index is 856. The number of carboxylic acid groups (broad SMARTS) is 1. The minimum absolute atomic E-state index is 0.0217. The molecule has 1 aliphatic rings. The number of rotatable bonds is 5. The van der Waals surface area contributed by atoms with Crippen LogP contribution in [0.2, 0.25) is 0 Å². The van der Waals surface area contributed by atoms with Crippen LogP contribution in [-0.4, -0.2) is 39.5 Å². The normalized spacial score (nSPS) is 17.3. The van der Waals surface area contributed by atoms with Crippen LogP contribution in [0.15, 0.2) is 30.5 Å². The van der Waals surface area contributed by atoms with Crippen LogP contribution in [0.25, 0.3) is 5.69 Å². The van der Waals surface area contributed by atoms with E-state index in [2.05, 4.69) is 10.4 Å². The third-order valence-electron chi connectivity index (χ3n) is 4.35. The zero-order valence-corrected chi connectivity index (χ0v) is 14.7. The number of hydrogen-bond acceptors (Lipinski definition) is 4. The summed E-state index contributed by atoms with van der Waals surface area (Å²) in [7, 11) is 0. The van der Waals surface area contributed by atoms with Gasteiger partial charge in [-0.15, -0.1) is 0 Å². The molecule has 7 nitrogen and oxygen atoms in total. The van der Waals surface area contributed by atoms with Crippen molar-refractivity contribution in [1.29, 1.82) is 0 Å². The fraction of sp³-hybridized carbons (Fsp3) is 0.389. The summed E-state index contributed by atoms with van der Waals surface area (Å²) in [6.45, 7) is 0.635. The molecule has 2 aromatic rings. The number of nitrogens with one attached hydrogen (secondary N) is 1. The number of carbonyl (C=O) groups excluding carboxylic acids is 1. The summed E-state index contributed by atoms with van der Waals surface area (Å²) in [6, 6.07) is 5.50. The highest BCUT2D eigenvalue weighted by Crippen LogP contribution is 2.33. The Balaban J connectivity index is 1.74. The number of hydrogen-bond donors (Lipinski definition) is 2. The molecule has 1 saturated heterocycles. The molecule has 0 saturated carbocycles. The number of nitrogens with zero attached hydrogens (tertiary/aromatic N) is 2. The van der Waals surface area contributed by atoms with Crippen molar-refractivity contribution in [3.05, 3.63) is 41.7 Å². The van der Waals surface area contributed by atoms with E-state index in [1.807, 2.05) is 0 Å². The monoisotopic (exact) mass is 397 g/mol. The van der Waals surface area contributed by atoms with Gasteiger partial charge < -0.3 is 15.2 Å². The van der Waals surface area contributed by atoms with E-state index in [9.17, 15) is 22.8 Å². The second-order valence-electron chi connectivity index (χ2n) is 6.41. The number of aromatic carboxylic acids is 1. The number of halogens is 3. The number of alkyl halides is 3. The van der Waals surface area contributed by atoms with E-state index in [4.69, 9.17) is 9.84 Å². The molecule has 2 N–H and O–H groups in total. The van der Waals surface area contributed by atoms with Gasteiger partial charge in [-0.2, -0.15) is 18.3 Å². The SMILES string of the molecule is O=C(CC1CCCCO1)Nc1ccc(-n2ncc(C(=O)O)c2C(F)(F)F)cc1. The Labute approximate surface area is 158 Å². The molecule has 0 radical (unpaired) electrons. The zero-order chi connectivity index (χ0) is 20.3. The summed E-state index contributed by atoms with van der Waals surface area (Å²) in [5.74, 6) is -1.96. The van der Waals surface area contributed by atoms with Gasteiger partial charge in [-0.05, 0) is 43.5 Å². The van der Waals surface area contributed by atoms with Crippen LogP contribution in [0, 0.1) is 0 Å². The second kappa shape index (κ2) is 8.01. The quantitative estimate of drug-likeness (QED) is 0.806. The summed E-state index contributed by atoms with van der Waals surface area (Å²) in [6.07, 6.45) is -1.34. The van der Waals surface area contributed by atoms with E-state index in [-0.39, 0.29) is 24.1 Å². The molecule has 3 rings (SSSR count). The van der Waals surface area contributed by atoms with Gasteiger partial charge in [-0.1, -0.05) is 0 Å². The minimum atomic E-state index is -4.89. The molecular formula is C18H18F3N3O4. The predicted octanol–water partition coefficient (Wildman–Crippen LogP) is 3.49. The topological polar surface area (TPSA) is 93.5 Å². The van der Waals surface area contributed by atoms with Crippen molar-refractivity contribution in [2.75, 3.05) is 11.9 Å². The van der Waals surface area contributed by atoms with E-state index in [1.54, 1.807) is 0 Å². The van der Waals surface area contributed by atoms with E-state index < -0.39 is 23.4 Å². The lowest BCUT2D eigenvalue weighted by Gasteiger charge is -2.21. The number of anilines is 1. The lowest BCUT2D eigenvalue weighted by Crippen LogP contribution is -2.25. The first-order chi connectivity index (χ1) is 13.3.